The van der Waals surface area contributed by atoms with Gasteiger partial charge < -0.3 is 10.6 Å². The van der Waals surface area contributed by atoms with E-state index in [-0.39, 0.29) is 11.8 Å². The quantitative estimate of drug-likeness (QED) is 0.666. The van der Waals surface area contributed by atoms with Crippen molar-refractivity contribution in [3.63, 3.8) is 0 Å². The van der Waals surface area contributed by atoms with Crippen LogP contribution in [-0.2, 0) is 9.59 Å². The van der Waals surface area contributed by atoms with Crippen LogP contribution in [0.3, 0.4) is 0 Å². The van der Waals surface area contributed by atoms with Crippen molar-refractivity contribution < 1.29 is 9.59 Å². The van der Waals surface area contributed by atoms with E-state index in [9.17, 15) is 9.59 Å². The first kappa shape index (κ1) is 19.2. The van der Waals surface area contributed by atoms with Crippen molar-refractivity contribution in [1.82, 2.24) is 0 Å². The molecule has 3 rings (SSSR count). The Labute approximate surface area is 164 Å². The van der Waals surface area contributed by atoms with Gasteiger partial charge in [0.25, 0.3) is 0 Å². The molecular weight excluding hydrogens is 356 g/mol. The standard InChI is InChI=1S/C22H24N2O2S/c1-16(25)23-18-9-6-17(7-10-18)8-15-22(26)24-19-11-13-21(14-12-19)27-20-4-2-3-5-20/h6-15,20H,2-5H2,1H3,(H,23,25)(H,24,26)/b15-8+. The van der Waals surface area contributed by atoms with E-state index < -0.39 is 0 Å². The number of carbonyl (C=O) groups is 2. The Bertz CT molecular complexity index is 807. The van der Waals surface area contributed by atoms with Gasteiger partial charge in [-0.25, -0.2) is 0 Å². The maximum Gasteiger partial charge on any atom is 0.248 e. The summed E-state index contributed by atoms with van der Waals surface area (Å²) in [5.41, 5.74) is 2.42. The van der Waals surface area contributed by atoms with Crippen LogP contribution in [0.25, 0.3) is 6.08 Å². The minimum atomic E-state index is -0.169. The second-order valence-electron chi connectivity index (χ2n) is 6.67. The van der Waals surface area contributed by atoms with Crippen LogP contribution in [0.4, 0.5) is 11.4 Å². The SMILES string of the molecule is CC(=O)Nc1ccc(/C=C/C(=O)Nc2ccc(SC3CCCC3)cc2)cc1. The summed E-state index contributed by atoms with van der Waals surface area (Å²) in [6.07, 6.45) is 8.55. The van der Waals surface area contributed by atoms with E-state index in [1.54, 1.807) is 18.2 Å². The molecule has 2 N–H and O–H groups in total. The van der Waals surface area contributed by atoms with E-state index in [1.165, 1.54) is 43.6 Å². The second-order valence-corrected chi connectivity index (χ2v) is 8.05. The Hall–Kier alpha value is -2.53. The molecule has 4 nitrogen and oxygen atoms in total. The topological polar surface area (TPSA) is 58.2 Å². The molecule has 0 atom stereocenters. The fourth-order valence-corrected chi connectivity index (χ4v) is 4.30. The van der Waals surface area contributed by atoms with Crippen LogP contribution in [0.15, 0.2) is 59.5 Å². The van der Waals surface area contributed by atoms with Crippen molar-refractivity contribution in [2.45, 2.75) is 42.8 Å². The molecule has 1 fully saturated rings. The molecule has 140 valence electrons. The zero-order valence-corrected chi connectivity index (χ0v) is 16.2. The zero-order chi connectivity index (χ0) is 19.1. The smallest absolute Gasteiger partial charge is 0.248 e. The third kappa shape index (κ3) is 6.29. The first-order chi connectivity index (χ1) is 13.1. The maximum absolute atomic E-state index is 12.1. The first-order valence-electron chi connectivity index (χ1n) is 9.22. The minimum absolute atomic E-state index is 0.106. The molecule has 0 radical (unpaired) electrons. The Morgan fingerprint density at radius 1 is 0.926 bits per heavy atom. The van der Waals surface area contributed by atoms with Gasteiger partial charge in [-0.2, -0.15) is 0 Å². The number of anilines is 2. The molecule has 1 aliphatic rings. The number of rotatable bonds is 6. The summed E-state index contributed by atoms with van der Waals surface area (Å²) in [6, 6.07) is 15.4. The molecule has 0 unspecified atom stereocenters. The highest BCUT2D eigenvalue weighted by Crippen LogP contribution is 2.34. The fraction of sp³-hybridized carbons (Fsp3) is 0.273. The molecule has 5 heteroatoms. The van der Waals surface area contributed by atoms with Crippen molar-refractivity contribution in [2.24, 2.45) is 0 Å². The van der Waals surface area contributed by atoms with Gasteiger partial charge in [0.15, 0.2) is 0 Å². The summed E-state index contributed by atoms with van der Waals surface area (Å²) >= 11 is 1.94. The molecule has 0 heterocycles. The van der Waals surface area contributed by atoms with E-state index in [0.717, 1.165) is 22.2 Å². The lowest BCUT2D eigenvalue weighted by atomic mass is 10.2. The van der Waals surface area contributed by atoms with Crippen molar-refractivity contribution in [3.05, 3.63) is 60.2 Å². The molecule has 0 bridgehead atoms. The molecule has 0 saturated heterocycles. The van der Waals surface area contributed by atoms with Gasteiger partial charge in [0, 0.05) is 34.5 Å². The summed E-state index contributed by atoms with van der Waals surface area (Å²) < 4.78 is 0. The molecule has 1 aliphatic carbocycles. The van der Waals surface area contributed by atoms with Crippen molar-refractivity contribution in [3.8, 4) is 0 Å². The van der Waals surface area contributed by atoms with Crippen molar-refractivity contribution in [2.75, 3.05) is 10.6 Å². The van der Waals surface area contributed by atoms with Gasteiger partial charge in [0.1, 0.15) is 0 Å². The molecule has 0 aliphatic heterocycles. The highest BCUT2D eigenvalue weighted by molar-refractivity contribution is 8.00. The van der Waals surface area contributed by atoms with Crippen molar-refractivity contribution in [1.29, 1.82) is 0 Å². The van der Waals surface area contributed by atoms with E-state index >= 15 is 0 Å². The lowest BCUT2D eigenvalue weighted by Gasteiger charge is -2.09. The zero-order valence-electron chi connectivity index (χ0n) is 15.4. The summed E-state index contributed by atoms with van der Waals surface area (Å²) in [5.74, 6) is -0.275. The molecule has 2 aromatic rings. The average molecular weight is 381 g/mol. The van der Waals surface area contributed by atoms with E-state index in [4.69, 9.17) is 0 Å². The molecule has 1 saturated carbocycles. The Balaban J connectivity index is 1.50. The third-order valence-corrected chi connectivity index (χ3v) is 5.73. The molecule has 27 heavy (non-hydrogen) atoms. The number of hydrogen-bond acceptors (Lipinski definition) is 3. The van der Waals surface area contributed by atoms with Gasteiger partial charge in [-0.1, -0.05) is 25.0 Å². The van der Waals surface area contributed by atoms with E-state index in [2.05, 4.69) is 22.8 Å². The van der Waals surface area contributed by atoms with Crippen LogP contribution in [0.5, 0.6) is 0 Å². The monoisotopic (exact) mass is 380 g/mol. The van der Waals surface area contributed by atoms with Gasteiger partial charge in [-0.3, -0.25) is 9.59 Å². The lowest BCUT2D eigenvalue weighted by molar-refractivity contribution is -0.114. The number of thioether (sulfide) groups is 1. The number of carbonyl (C=O) groups excluding carboxylic acids is 2. The van der Waals surface area contributed by atoms with Crippen LogP contribution >= 0.6 is 11.8 Å². The lowest BCUT2D eigenvalue weighted by Crippen LogP contribution is -2.07. The molecule has 0 aromatic heterocycles. The number of nitrogens with one attached hydrogen (secondary N) is 2. The van der Waals surface area contributed by atoms with Gasteiger partial charge >= 0.3 is 0 Å². The van der Waals surface area contributed by atoms with Crippen LogP contribution in [0.1, 0.15) is 38.2 Å². The van der Waals surface area contributed by atoms with E-state index in [0.29, 0.717) is 0 Å². The molecular formula is C22H24N2O2S. The Kier molecular flexibility index (Phi) is 6.71. The normalized spacial score (nSPS) is 14.4. The van der Waals surface area contributed by atoms with Gasteiger partial charge in [0.2, 0.25) is 11.8 Å². The highest BCUT2D eigenvalue weighted by atomic mass is 32.2. The number of hydrogen-bond donors (Lipinski definition) is 2. The Morgan fingerprint density at radius 2 is 1.52 bits per heavy atom. The minimum Gasteiger partial charge on any atom is -0.326 e. The summed E-state index contributed by atoms with van der Waals surface area (Å²) in [7, 11) is 0. The van der Waals surface area contributed by atoms with Crippen LogP contribution in [0.2, 0.25) is 0 Å². The molecule has 0 spiro atoms. The highest BCUT2D eigenvalue weighted by Gasteiger charge is 2.15. The second kappa shape index (κ2) is 9.42. The number of benzene rings is 2. The van der Waals surface area contributed by atoms with Crippen molar-refractivity contribution >= 4 is 41.0 Å². The fourth-order valence-electron chi connectivity index (χ4n) is 3.05. The van der Waals surface area contributed by atoms with Gasteiger partial charge in [0.05, 0.1) is 0 Å². The van der Waals surface area contributed by atoms with Crippen LogP contribution in [-0.4, -0.2) is 17.1 Å². The Morgan fingerprint density at radius 3 is 2.15 bits per heavy atom. The van der Waals surface area contributed by atoms with Crippen LogP contribution in [0, 0.1) is 0 Å². The first-order valence-corrected chi connectivity index (χ1v) is 10.1. The third-order valence-electron chi connectivity index (χ3n) is 4.39. The summed E-state index contributed by atoms with van der Waals surface area (Å²) in [4.78, 5) is 24.4. The number of amides is 2. The maximum atomic E-state index is 12.1. The van der Waals surface area contributed by atoms with Crippen LogP contribution < -0.4 is 10.6 Å². The largest absolute Gasteiger partial charge is 0.326 e. The predicted molar refractivity (Wildman–Crippen MR) is 113 cm³/mol. The van der Waals surface area contributed by atoms with Gasteiger partial charge in [-0.15, -0.1) is 11.8 Å². The summed E-state index contributed by atoms with van der Waals surface area (Å²) in [6.45, 7) is 1.47. The van der Waals surface area contributed by atoms with E-state index in [1.807, 2.05) is 36.0 Å². The summed E-state index contributed by atoms with van der Waals surface area (Å²) in [5, 5.41) is 6.33. The van der Waals surface area contributed by atoms with Gasteiger partial charge in [-0.05, 0) is 60.9 Å². The predicted octanol–water partition coefficient (Wildman–Crippen LogP) is 5.33. The molecule has 2 aromatic carbocycles. The average Bonchev–Trinajstić information content (AvgIpc) is 3.15. The molecule has 2 amide bonds.